The van der Waals surface area contributed by atoms with Crippen LogP contribution in [0, 0.1) is 20.8 Å². The molecule has 1 unspecified atom stereocenters. The van der Waals surface area contributed by atoms with Gasteiger partial charge in [-0.3, -0.25) is 13.9 Å². The Labute approximate surface area is 251 Å². The van der Waals surface area contributed by atoms with Crippen LogP contribution in [-0.4, -0.2) is 50.0 Å². The van der Waals surface area contributed by atoms with Crippen molar-refractivity contribution < 1.29 is 18.0 Å². The zero-order chi connectivity index (χ0) is 30.3. The fourth-order valence-corrected chi connectivity index (χ4v) is 6.61. The van der Waals surface area contributed by atoms with Crippen LogP contribution in [-0.2, 0) is 32.6 Å². The second-order valence-corrected chi connectivity index (χ2v) is 13.5. The van der Waals surface area contributed by atoms with Gasteiger partial charge in [-0.1, -0.05) is 79.9 Å². The van der Waals surface area contributed by atoms with E-state index in [1.165, 1.54) is 0 Å². The van der Waals surface area contributed by atoms with Crippen LogP contribution in [0.25, 0.3) is 0 Å². The molecule has 224 valence electrons. The van der Waals surface area contributed by atoms with Gasteiger partial charge in [-0.15, -0.1) is 0 Å². The van der Waals surface area contributed by atoms with Crippen molar-refractivity contribution in [1.29, 1.82) is 0 Å². The fraction of sp³-hybridized carbons (Fsp3) is 0.412. The first-order valence-electron chi connectivity index (χ1n) is 14.8. The summed E-state index contributed by atoms with van der Waals surface area (Å²) >= 11 is 0. The highest BCUT2D eigenvalue weighted by molar-refractivity contribution is 7.92. The van der Waals surface area contributed by atoms with Gasteiger partial charge in [0.25, 0.3) is 0 Å². The molecular formula is C34H43N3O4S. The molecule has 0 aromatic heterocycles. The average Bonchev–Trinajstić information content (AvgIpc) is 2.94. The van der Waals surface area contributed by atoms with E-state index in [9.17, 15) is 18.0 Å². The van der Waals surface area contributed by atoms with Gasteiger partial charge in [0.2, 0.25) is 21.8 Å². The molecule has 2 amide bonds. The van der Waals surface area contributed by atoms with Gasteiger partial charge in [-0.2, -0.15) is 0 Å². The second-order valence-electron chi connectivity index (χ2n) is 11.6. The molecule has 0 saturated heterocycles. The van der Waals surface area contributed by atoms with Gasteiger partial charge < -0.3 is 10.2 Å². The predicted octanol–water partition coefficient (Wildman–Crippen LogP) is 5.47. The number of benzene rings is 3. The normalized spacial score (nSPS) is 14.7. The van der Waals surface area contributed by atoms with E-state index in [2.05, 4.69) is 5.32 Å². The zero-order valence-electron chi connectivity index (χ0n) is 25.2. The molecule has 3 aromatic carbocycles. The summed E-state index contributed by atoms with van der Waals surface area (Å²) in [6.07, 6.45) is 6.57. The summed E-state index contributed by atoms with van der Waals surface area (Å²) in [5.74, 6) is -0.632. The summed E-state index contributed by atoms with van der Waals surface area (Å²) < 4.78 is 27.3. The fourth-order valence-electron chi connectivity index (χ4n) is 5.78. The van der Waals surface area contributed by atoms with Crippen molar-refractivity contribution in [2.75, 3.05) is 17.1 Å². The van der Waals surface area contributed by atoms with Gasteiger partial charge in [-0.25, -0.2) is 8.42 Å². The summed E-state index contributed by atoms with van der Waals surface area (Å²) in [5.41, 5.74) is 5.07. The number of anilines is 1. The Bertz CT molecular complexity index is 1460. The lowest BCUT2D eigenvalue weighted by Crippen LogP contribution is -2.55. The Kier molecular flexibility index (Phi) is 10.4. The first kappa shape index (κ1) is 31.3. The van der Waals surface area contributed by atoms with Gasteiger partial charge in [-0.05, 0) is 73.6 Å². The van der Waals surface area contributed by atoms with E-state index in [0.717, 1.165) is 70.5 Å². The number of rotatable bonds is 11. The molecule has 1 atom stereocenters. The standard InChI is InChI=1S/C34H43N3O4S/c1-25-19-26(2)21-31(20-25)37(42(4,40)41)24-33(38)36(23-29-16-12-11-13-27(29)3)32(22-28-14-7-5-8-15-28)34(39)35-30-17-9-6-10-18-30/h5,7-8,11-16,19-21,30,32H,6,9-10,17-18,22-24H2,1-4H3,(H,35,39). The van der Waals surface area contributed by atoms with Crippen LogP contribution in [0.4, 0.5) is 5.69 Å². The molecule has 7 nitrogen and oxygen atoms in total. The number of sulfonamides is 1. The lowest BCUT2D eigenvalue weighted by atomic mass is 9.94. The van der Waals surface area contributed by atoms with E-state index >= 15 is 0 Å². The minimum atomic E-state index is -3.80. The van der Waals surface area contributed by atoms with Gasteiger partial charge in [0.15, 0.2) is 0 Å². The Balaban J connectivity index is 1.74. The molecular weight excluding hydrogens is 546 g/mol. The molecule has 4 rings (SSSR count). The zero-order valence-corrected chi connectivity index (χ0v) is 26.0. The van der Waals surface area contributed by atoms with Gasteiger partial charge in [0, 0.05) is 19.0 Å². The van der Waals surface area contributed by atoms with Crippen LogP contribution in [0.5, 0.6) is 0 Å². The lowest BCUT2D eigenvalue weighted by molar-refractivity contribution is -0.140. The van der Waals surface area contributed by atoms with Crippen LogP contribution < -0.4 is 9.62 Å². The smallest absolute Gasteiger partial charge is 0.244 e. The number of amides is 2. The van der Waals surface area contributed by atoms with Crippen LogP contribution in [0.15, 0.2) is 72.8 Å². The van der Waals surface area contributed by atoms with Crippen molar-refractivity contribution in [3.63, 3.8) is 0 Å². The number of hydrogen-bond donors (Lipinski definition) is 1. The van der Waals surface area contributed by atoms with Crippen molar-refractivity contribution in [2.24, 2.45) is 0 Å². The largest absolute Gasteiger partial charge is 0.352 e. The van der Waals surface area contributed by atoms with Gasteiger partial charge >= 0.3 is 0 Å². The third-order valence-corrected chi connectivity index (χ3v) is 9.14. The number of aryl methyl sites for hydroxylation is 3. The molecule has 0 radical (unpaired) electrons. The number of carbonyl (C=O) groups is 2. The van der Waals surface area contributed by atoms with Crippen LogP contribution in [0.3, 0.4) is 0 Å². The van der Waals surface area contributed by atoms with Crippen molar-refractivity contribution in [2.45, 2.75) is 77.9 Å². The Hall–Kier alpha value is -3.65. The maximum atomic E-state index is 14.3. The third kappa shape index (κ3) is 8.44. The minimum absolute atomic E-state index is 0.0720. The molecule has 8 heteroatoms. The summed E-state index contributed by atoms with van der Waals surface area (Å²) in [6.45, 7) is 5.55. The Morgan fingerprint density at radius 2 is 1.50 bits per heavy atom. The van der Waals surface area contributed by atoms with E-state index < -0.39 is 28.5 Å². The van der Waals surface area contributed by atoms with E-state index in [-0.39, 0.29) is 18.5 Å². The topological polar surface area (TPSA) is 86.8 Å². The molecule has 1 saturated carbocycles. The van der Waals surface area contributed by atoms with E-state index in [0.29, 0.717) is 12.1 Å². The molecule has 1 aliphatic rings. The molecule has 42 heavy (non-hydrogen) atoms. The molecule has 0 aliphatic heterocycles. The Morgan fingerprint density at radius 3 is 2.12 bits per heavy atom. The third-order valence-electron chi connectivity index (χ3n) is 8.00. The molecule has 1 aliphatic carbocycles. The maximum absolute atomic E-state index is 14.3. The van der Waals surface area contributed by atoms with Crippen molar-refractivity contribution in [3.05, 3.63) is 101 Å². The number of hydrogen-bond acceptors (Lipinski definition) is 4. The highest BCUT2D eigenvalue weighted by Gasteiger charge is 2.34. The van der Waals surface area contributed by atoms with Gasteiger partial charge in [0.1, 0.15) is 12.6 Å². The van der Waals surface area contributed by atoms with E-state index in [1.54, 1.807) is 17.0 Å². The SMILES string of the molecule is Cc1cc(C)cc(N(CC(=O)N(Cc2ccccc2C)C(Cc2ccccc2)C(=O)NC2CCCCC2)S(C)(=O)=O)c1. The van der Waals surface area contributed by atoms with E-state index in [1.807, 2.05) is 81.4 Å². The monoisotopic (exact) mass is 589 g/mol. The molecule has 0 spiro atoms. The molecule has 0 heterocycles. The molecule has 1 fully saturated rings. The highest BCUT2D eigenvalue weighted by atomic mass is 32.2. The maximum Gasteiger partial charge on any atom is 0.244 e. The summed E-state index contributed by atoms with van der Waals surface area (Å²) in [7, 11) is -3.80. The number of carbonyl (C=O) groups excluding carboxylic acids is 2. The summed E-state index contributed by atoms with van der Waals surface area (Å²) in [4.78, 5) is 29.9. The van der Waals surface area contributed by atoms with Gasteiger partial charge in [0.05, 0.1) is 11.9 Å². The van der Waals surface area contributed by atoms with Crippen molar-refractivity contribution in [1.82, 2.24) is 10.2 Å². The van der Waals surface area contributed by atoms with Crippen LogP contribution in [0.2, 0.25) is 0 Å². The number of nitrogens with zero attached hydrogens (tertiary/aromatic N) is 2. The first-order chi connectivity index (χ1) is 20.0. The van der Waals surface area contributed by atoms with E-state index in [4.69, 9.17) is 0 Å². The van der Waals surface area contributed by atoms with Crippen molar-refractivity contribution in [3.8, 4) is 0 Å². The predicted molar refractivity (Wildman–Crippen MR) is 169 cm³/mol. The number of nitrogens with one attached hydrogen (secondary N) is 1. The van der Waals surface area contributed by atoms with Crippen LogP contribution in [0.1, 0.15) is 59.9 Å². The second kappa shape index (κ2) is 14.0. The molecule has 0 bridgehead atoms. The highest BCUT2D eigenvalue weighted by Crippen LogP contribution is 2.24. The lowest BCUT2D eigenvalue weighted by Gasteiger charge is -2.35. The van der Waals surface area contributed by atoms with Crippen LogP contribution >= 0.6 is 0 Å². The average molecular weight is 590 g/mol. The van der Waals surface area contributed by atoms with Crippen molar-refractivity contribution >= 4 is 27.5 Å². The Morgan fingerprint density at radius 1 is 0.881 bits per heavy atom. The summed E-state index contributed by atoms with van der Waals surface area (Å²) in [6, 6.07) is 22.2. The summed E-state index contributed by atoms with van der Waals surface area (Å²) in [5, 5.41) is 3.24. The first-order valence-corrected chi connectivity index (χ1v) is 16.6. The molecule has 3 aromatic rings. The quantitative estimate of drug-likeness (QED) is 0.322. The minimum Gasteiger partial charge on any atom is -0.352 e. The molecule has 1 N–H and O–H groups in total.